The molecule has 1 saturated carbocycles. The molecular weight excluding hydrogens is 464 g/mol. The molecule has 1 saturated heterocycles. The summed E-state index contributed by atoms with van der Waals surface area (Å²) in [5.74, 6) is -2.87. The van der Waals surface area contributed by atoms with Crippen LogP contribution in [0.25, 0.3) is 0 Å². The lowest BCUT2D eigenvalue weighted by Crippen LogP contribution is -2.25. The van der Waals surface area contributed by atoms with E-state index in [0.717, 1.165) is 51.4 Å². The summed E-state index contributed by atoms with van der Waals surface area (Å²) in [5.41, 5.74) is 2.28. The van der Waals surface area contributed by atoms with E-state index in [9.17, 15) is 8.78 Å². The smallest absolute Gasteiger partial charge is 0.158 e. The molecule has 0 aromatic rings. The Kier molecular flexibility index (Phi) is 8.05. The van der Waals surface area contributed by atoms with Crippen LogP contribution in [-0.4, -0.2) is 12.7 Å². The van der Waals surface area contributed by atoms with Gasteiger partial charge in [-0.1, -0.05) is 62.1 Å². The monoisotopic (exact) mass is 502 g/mol. The molecule has 36 heavy (non-hydrogen) atoms. The second-order valence-electron chi connectivity index (χ2n) is 11.3. The third kappa shape index (κ3) is 5.51. The van der Waals surface area contributed by atoms with Gasteiger partial charge in [0.15, 0.2) is 11.7 Å². The first-order chi connectivity index (χ1) is 17.5. The number of epoxide rings is 1. The Morgan fingerprint density at radius 1 is 0.833 bits per heavy atom. The Morgan fingerprint density at radius 2 is 1.56 bits per heavy atom. The summed E-state index contributed by atoms with van der Waals surface area (Å²) < 4.78 is 64.4. The molecule has 0 aromatic carbocycles. The summed E-state index contributed by atoms with van der Waals surface area (Å²) in [7, 11) is 0. The molecule has 0 amide bonds. The van der Waals surface area contributed by atoms with Gasteiger partial charge in [-0.3, -0.25) is 0 Å². The van der Waals surface area contributed by atoms with Crippen molar-refractivity contribution < 1.29 is 22.3 Å². The molecule has 1 heterocycles. The van der Waals surface area contributed by atoms with Gasteiger partial charge in [-0.2, -0.15) is 0 Å². The summed E-state index contributed by atoms with van der Waals surface area (Å²) >= 11 is 0. The third-order valence-corrected chi connectivity index (χ3v) is 9.02. The van der Waals surface area contributed by atoms with Crippen molar-refractivity contribution in [2.75, 3.05) is 6.61 Å². The Balaban J connectivity index is 1.11. The summed E-state index contributed by atoms with van der Waals surface area (Å²) in [6, 6.07) is 0. The SMILES string of the molecule is CCCC1=CCC(C2=CCC(C3CCC(CCC4=CCC(C5CO5)C(F)=C4F)CC3)C(F)=C2F)C=C1. The summed E-state index contributed by atoms with van der Waals surface area (Å²) in [6.07, 6.45) is 18.7. The lowest BCUT2D eigenvalue weighted by Gasteiger charge is -2.35. The molecule has 0 N–H and O–H groups in total. The predicted octanol–water partition coefficient (Wildman–Crippen LogP) is 9.47. The van der Waals surface area contributed by atoms with Crippen LogP contribution < -0.4 is 0 Å². The van der Waals surface area contributed by atoms with Gasteiger partial charge in [0.25, 0.3) is 0 Å². The highest BCUT2D eigenvalue weighted by molar-refractivity contribution is 5.40. The highest BCUT2D eigenvalue weighted by Crippen LogP contribution is 2.47. The molecular formula is C31H38F4O. The van der Waals surface area contributed by atoms with Gasteiger partial charge in [-0.15, -0.1) is 0 Å². The maximum Gasteiger partial charge on any atom is 0.158 e. The lowest BCUT2D eigenvalue weighted by molar-refractivity contribution is 0.194. The standard InChI is InChI=1S/C31H38F4O/c1-2-3-19-4-9-21(10-5-19)24-16-17-25(30(34)29(24)33)22-11-6-20(7-12-22)8-13-23-14-15-26(27-18-36-27)31(35)28(23)32/h4-5,9,14,16,20-22,25-27H,2-3,6-8,10-13,15,17-18H2,1H3. The van der Waals surface area contributed by atoms with E-state index in [2.05, 4.69) is 19.1 Å². The molecule has 4 unspecified atom stereocenters. The van der Waals surface area contributed by atoms with Crippen molar-refractivity contribution in [3.05, 3.63) is 70.4 Å². The van der Waals surface area contributed by atoms with E-state index in [1.165, 1.54) is 5.57 Å². The van der Waals surface area contributed by atoms with Gasteiger partial charge >= 0.3 is 0 Å². The second-order valence-corrected chi connectivity index (χ2v) is 11.3. The van der Waals surface area contributed by atoms with E-state index < -0.39 is 29.2 Å². The van der Waals surface area contributed by atoms with Gasteiger partial charge in [0, 0.05) is 17.8 Å². The number of ether oxygens (including phenoxy) is 1. The molecule has 5 aliphatic rings. The van der Waals surface area contributed by atoms with E-state index in [1.807, 2.05) is 18.2 Å². The van der Waals surface area contributed by atoms with Gasteiger partial charge < -0.3 is 4.74 Å². The van der Waals surface area contributed by atoms with Gasteiger partial charge in [0.1, 0.15) is 11.7 Å². The summed E-state index contributed by atoms with van der Waals surface area (Å²) in [4.78, 5) is 0. The normalized spacial score (nSPS) is 35.0. The van der Waals surface area contributed by atoms with Gasteiger partial charge in [-0.25, -0.2) is 17.6 Å². The molecule has 1 nitrogen and oxygen atoms in total. The molecule has 196 valence electrons. The predicted molar refractivity (Wildman–Crippen MR) is 136 cm³/mol. The molecule has 1 aliphatic heterocycles. The first kappa shape index (κ1) is 25.8. The van der Waals surface area contributed by atoms with E-state index in [1.54, 1.807) is 0 Å². The maximum atomic E-state index is 15.2. The maximum absolute atomic E-state index is 15.2. The highest BCUT2D eigenvalue weighted by atomic mass is 19.2. The highest BCUT2D eigenvalue weighted by Gasteiger charge is 2.39. The van der Waals surface area contributed by atoms with Gasteiger partial charge in [-0.05, 0) is 74.3 Å². The zero-order valence-corrected chi connectivity index (χ0v) is 21.3. The van der Waals surface area contributed by atoms with Crippen molar-refractivity contribution in [1.29, 1.82) is 0 Å². The summed E-state index contributed by atoms with van der Waals surface area (Å²) in [5, 5.41) is 0. The minimum atomic E-state index is -0.687. The molecule has 4 aliphatic carbocycles. The van der Waals surface area contributed by atoms with Crippen LogP contribution in [0.2, 0.25) is 0 Å². The van der Waals surface area contributed by atoms with Crippen LogP contribution in [0.4, 0.5) is 17.6 Å². The van der Waals surface area contributed by atoms with E-state index in [0.29, 0.717) is 42.9 Å². The molecule has 4 atom stereocenters. The van der Waals surface area contributed by atoms with Crippen LogP contribution in [-0.2, 0) is 4.74 Å². The molecule has 0 radical (unpaired) electrons. The molecule has 5 rings (SSSR count). The van der Waals surface area contributed by atoms with Crippen molar-refractivity contribution in [1.82, 2.24) is 0 Å². The zero-order valence-electron chi connectivity index (χ0n) is 21.3. The fraction of sp³-hybridized carbons (Fsp3) is 0.613. The Hall–Kier alpha value is -1.88. The van der Waals surface area contributed by atoms with Crippen LogP contribution in [0.1, 0.15) is 77.6 Å². The van der Waals surface area contributed by atoms with Crippen LogP contribution >= 0.6 is 0 Å². The average Bonchev–Trinajstić information content (AvgIpc) is 3.73. The van der Waals surface area contributed by atoms with E-state index in [4.69, 9.17) is 4.74 Å². The number of hydrogen-bond acceptors (Lipinski definition) is 1. The van der Waals surface area contributed by atoms with Gasteiger partial charge in [0.2, 0.25) is 0 Å². The molecule has 2 fully saturated rings. The van der Waals surface area contributed by atoms with Crippen molar-refractivity contribution in [3.63, 3.8) is 0 Å². The number of halogens is 4. The topological polar surface area (TPSA) is 12.5 Å². The fourth-order valence-corrected chi connectivity index (χ4v) is 6.66. The number of allylic oxidation sites excluding steroid dienone is 11. The largest absolute Gasteiger partial charge is 0.372 e. The van der Waals surface area contributed by atoms with Crippen molar-refractivity contribution >= 4 is 0 Å². The Morgan fingerprint density at radius 3 is 2.22 bits per heavy atom. The van der Waals surface area contributed by atoms with Crippen molar-refractivity contribution in [2.45, 2.75) is 83.7 Å². The van der Waals surface area contributed by atoms with Crippen LogP contribution in [0, 0.1) is 29.6 Å². The number of hydrogen-bond donors (Lipinski definition) is 0. The first-order valence-corrected chi connectivity index (χ1v) is 13.9. The molecule has 0 spiro atoms. The Bertz CT molecular complexity index is 1020. The van der Waals surface area contributed by atoms with E-state index in [-0.39, 0.29) is 23.9 Å². The fourth-order valence-electron chi connectivity index (χ4n) is 6.66. The Labute approximate surface area is 212 Å². The minimum absolute atomic E-state index is 0.0755. The minimum Gasteiger partial charge on any atom is -0.372 e. The van der Waals surface area contributed by atoms with Crippen LogP contribution in [0.5, 0.6) is 0 Å². The van der Waals surface area contributed by atoms with Crippen LogP contribution in [0.15, 0.2) is 70.4 Å². The second kappa shape index (κ2) is 11.2. The zero-order chi connectivity index (χ0) is 25.2. The third-order valence-electron chi connectivity index (χ3n) is 9.02. The number of rotatable bonds is 8. The summed E-state index contributed by atoms with van der Waals surface area (Å²) in [6.45, 7) is 2.66. The van der Waals surface area contributed by atoms with Crippen molar-refractivity contribution in [2.24, 2.45) is 29.6 Å². The van der Waals surface area contributed by atoms with Gasteiger partial charge in [0.05, 0.1) is 12.7 Å². The van der Waals surface area contributed by atoms with Crippen LogP contribution in [0.3, 0.4) is 0 Å². The quantitative estimate of drug-likeness (QED) is 0.238. The first-order valence-electron chi connectivity index (χ1n) is 13.9. The lowest BCUT2D eigenvalue weighted by atomic mass is 9.71. The molecule has 0 aromatic heterocycles. The molecule has 0 bridgehead atoms. The van der Waals surface area contributed by atoms with Crippen molar-refractivity contribution in [3.8, 4) is 0 Å². The molecule has 5 heteroatoms. The van der Waals surface area contributed by atoms with E-state index >= 15 is 8.78 Å². The average molecular weight is 503 g/mol.